The molecule has 0 bridgehead atoms. The Morgan fingerprint density at radius 1 is 1.17 bits per heavy atom. The fraction of sp³-hybridized carbons (Fsp3) is 0.0588. The Kier molecular flexibility index (Phi) is 5.35. The number of aromatic nitrogens is 1. The number of nitrogens with one attached hydrogen (secondary N) is 1. The molecule has 1 aromatic heterocycles. The molecule has 1 amide bonds. The zero-order chi connectivity index (χ0) is 16.9. The van der Waals surface area contributed by atoms with Crippen LogP contribution in [0.5, 0.6) is 5.75 Å². The molecule has 122 valence electrons. The smallest absolute Gasteiger partial charge is 0.264 e. The van der Waals surface area contributed by atoms with Gasteiger partial charge in [0.2, 0.25) is 0 Å². The molecule has 24 heavy (non-hydrogen) atoms. The molecular weight excluding hydrogens is 367 g/mol. The summed E-state index contributed by atoms with van der Waals surface area (Å²) in [5.41, 5.74) is 1.44. The summed E-state index contributed by atoms with van der Waals surface area (Å²) in [5.74, 6) is 0.363. The first-order valence-electron chi connectivity index (χ1n) is 7.00. The van der Waals surface area contributed by atoms with E-state index in [4.69, 9.17) is 27.9 Å². The van der Waals surface area contributed by atoms with Crippen molar-refractivity contribution in [2.24, 2.45) is 0 Å². The highest BCUT2D eigenvalue weighted by atomic mass is 35.5. The van der Waals surface area contributed by atoms with Gasteiger partial charge < -0.3 is 4.74 Å². The summed E-state index contributed by atoms with van der Waals surface area (Å²) in [4.78, 5) is 16.3. The first-order chi connectivity index (χ1) is 11.6. The standard InChI is InChI=1S/C17H12Cl2N2O2S/c18-11-6-7-13(14(19)8-11)15-10-24-17(20-15)21-16(22)9-23-12-4-2-1-3-5-12/h1-8,10H,9H2,(H,20,21,22). The normalized spacial score (nSPS) is 10.4. The van der Waals surface area contributed by atoms with Crippen molar-refractivity contribution >= 4 is 45.6 Å². The fourth-order valence-corrected chi connectivity index (χ4v) is 3.21. The third kappa shape index (κ3) is 4.26. The van der Waals surface area contributed by atoms with Crippen molar-refractivity contribution in [3.8, 4) is 17.0 Å². The van der Waals surface area contributed by atoms with E-state index < -0.39 is 0 Å². The predicted molar refractivity (Wildman–Crippen MR) is 98.1 cm³/mol. The SMILES string of the molecule is O=C(COc1ccccc1)Nc1nc(-c2ccc(Cl)cc2Cl)cs1. The zero-order valence-electron chi connectivity index (χ0n) is 12.3. The maximum atomic E-state index is 11.9. The largest absolute Gasteiger partial charge is 0.484 e. The Morgan fingerprint density at radius 2 is 1.96 bits per heavy atom. The Bertz CT molecular complexity index is 853. The van der Waals surface area contributed by atoms with E-state index in [1.54, 1.807) is 30.3 Å². The number of thiazole rings is 1. The van der Waals surface area contributed by atoms with Crippen LogP contribution < -0.4 is 10.1 Å². The molecule has 1 N–H and O–H groups in total. The number of halogens is 2. The summed E-state index contributed by atoms with van der Waals surface area (Å²) >= 11 is 13.4. The van der Waals surface area contributed by atoms with Crippen LogP contribution in [-0.2, 0) is 4.79 Å². The molecule has 0 atom stereocenters. The van der Waals surface area contributed by atoms with E-state index in [2.05, 4.69) is 10.3 Å². The molecule has 7 heteroatoms. The van der Waals surface area contributed by atoms with Crippen LogP contribution in [0.15, 0.2) is 53.9 Å². The lowest BCUT2D eigenvalue weighted by Gasteiger charge is -2.05. The van der Waals surface area contributed by atoms with E-state index in [0.717, 1.165) is 5.56 Å². The van der Waals surface area contributed by atoms with Gasteiger partial charge in [-0.2, -0.15) is 0 Å². The summed E-state index contributed by atoms with van der Waals surface area (Å²) in [6.45, 7) is -0.0827. The molecule has 0 radical (unpaired) electrons. The second kappa shape index (κ2) is 7.66. The number of carbonyl (C=O) groups excluding carboxylic acids is 1. The van der Waals surface area contributed by atoms with Gasteiger partial charge in [0, 0.05) is 16.0 Å². The van der Waals surface area contributed by atoms with Gasteiger partial charge in [0.25, 0.3) is 5.91 Å². The van der Waals surface area contributed by atoms with Crippen molar-refractivity contribution in [1.82, 2.24) is 4.98 Å². The van der Waals surface area contributed by atoms with Gasteiger partial charge in [-0.1, -0.05) is 41.4 Å². The number of amides is 1. The first kappa shape index (κ1) is 16.8. The van der Waals surface area contributed by atoms with E-state index >= 15 is 0 Å². The van der Waals surface area contributed by atoms with Gasteiger partial charge >= 0.3 is 0 Å². The summed E-state index contributed by atoms with van der Waals surface area (Å²) in [6.07, 6.45) is 0. The number of benzene rings is 2. The Hall–Kier alpha value is -2.08. The third-order valence-corrected chi connectivity index (χ3v) is 4.38. The van der Waals surface area contributed by atoms with Crippen LogP contribution in [-0.4, -0.2) is 17.5 Å². The van der Waals surface area contributed by atoms with E-state index in [1.165, 1.54) is 11.3 Å². The van der Waals surface area contributed by atoms with Crippen LogP contribution in [0, 0.1) is 0 Å². The number of nitrogens with zero attached hydrogens (tertiary/aromatic N) is 1. The fourth-order valence-electron chi connectivity index (χ4n) is 1.97. The molecule has 3 rings (SSSR count). The lowest BCUT2D eigenvalue weighted by molar-refractivity contribution is -0.118. The van der Waals surface area contributed by atoms with Gasteiger partial charge in [0.05, 0.1) is 10.7 Å². The molecule has 0 unspecified atom stereocenters. The average molecular weight is 379 g/mol. The van der Waals surface area contributed by atoms with Crippen molar-refractivity contribution in [3.63, 3.8) is 0 Å². The van der Waals surface area contributed by atoms with Crippen molar-refractivity contribution < 1.29 is 9.53 Å². The number of carbonyl (C=O) groups is 1. The molecule has 0 aliphatic rings. The van der Waals surface area contributed by atoms with Gasteiger partial charge in [-0.3, -0.25) is 10.1 Å². The highest BCUT2D eigenvalue weighted by Gasteiger charge is 2.11. The maximum Gasteiger partial charge on any atom is 0.264 e. The van der Waals surface area contributed by atoms with Crippen LogP contribution in [0.25, 0.3) is 11.3 Å². The van der Waals surface area contributed by atoms with Gasteiger partial charge in [-0.05, 0) is 30.3 Å². The monoisotopic (exact) mass is 378 g/mol. The van der Waals surface area contributed by atoms with E-state index in [1.807, 2.05) is 23.6 Å². The number of rotatable bonds is 5. The highest BCUT2D eigenvalue weighted by molar-refractivity contribution is 7.14. The van der Waals surface area contributed by atoms with Crippen LogP contribution in [0.2, 0.25) is 10.0 Å². The summed E-state index contributed by atoms with van der Waals surface area (Å²) < 4.78 is 5.39. The third-order valence-electron chi connectivity index (χ3n) is 3.07. The molecule has 2 aromatic carbocycles. The average Bonchev–Trinajstić information content (AvgIpc) is 3.02. The van der Waals surface area contributed by atoms with E-state index in [9.17, 15) is 4.79 Å². The topological polar surface area (TPSA) is 51.2 Å². The molecule has 1 heterocycles. The van der Waals surface area contributed by atoms with Crippen molar-refractivity contribution in [3.05, 3.63) is 64.0 Å². The summed E-state index contributed by atoms with van der Waals surface area (Å²) in [7, 11) is 0. The molecule has 0 saturated heterocycles. The van der Waals surface area contributed by atoms with Gasteiger partial charge in [-0.15, -0.1) is 11.3 Å². The minimum atomic E-state index is -0.276. The molecule has 0 spiro atoms. The van der Waals surface area contributed by atoms with Gasteiger partial charge in [0.15, 0.2) is 11.7 Å². The van der Waals surface area contributed by atoms with Crippen LogP contribution in [0.3, 0.4) is 0 Å². The predicted octanol–water partition coefficient (Wildman–Crippen LogP) is 5.13. The maximum absolute atomic E-state index is 11.9. The van der Waals surface area contributed by atoms with Crippen molar-refractivity contribution in [1.29, 1.82) is 0 Å². The molecule has 0 saturated carbocycles. The van der Waals surface area contributed by atoms with Gasteiger partial charge in [-0.25, -0.2) is 4.98 Å². The molecule has 0 aliphatic heterocycles. The highest BCUT2D eigenvalue weighted by Crippen LogP contribution is 2.32. The number of ether oxygens (including phenoxy) is 1. The minimum absolute atomic E-state index is 0.0827. The number of hydrogen-bond acceptors (Lipinski definition) is 4. The molecule has 4 nitrogen and oxygen atoms in total. The summed E-state index contributed by atoms with van der Waals surface area (Å²) in [6, 6.07) is 14.3. The van der Waals surface area contributed by atoms with Gasteiger partial charge in [0.1, 0.15) is 5.75 Å². The Labute approximate surface area is 153 Å². The number of hydrogen-bond donors (Lipinski definition) is 1. The molecule has 3 aromatic rings. The lowest BCUT2D eigenvalue weighted by atomic mass is 10.2. The van der Waals surface area contributed by atoms with E-state index in [0.29, 0.717) is 26.6 Å². The second-order valence-electron chi connectivity index (χ2n) is 4.81. The Balaban J connectivity index is 1.62. The Morgan fingerprint density at radius 3 is 2.71 bits per heavy atom. The number of para-hydroxylation sites is 1. The zero-order valence-corrected chi connectivity index (χ0v) is 14.7. The van der Waals surface area contributed by atoms with Crippen LogP contribution >= 0.6 is 34.5 Å². The van der Waals surface area contributed by atoms with Crippen molar-refractivity contribution in [2.45, 2.75) is 0 Å². The molecular formula is C17H12Cl2N2O2S. The quantitative estimate of drug-likeness (QED) is 0.668. The van der Waals surface area contributed by atoms with E-state index in [-0.39, 0.29) is 12.5 Å². The molecule has 0 aliphatic carbocycles. The van der Waals surface area contributed by atoms with Crippen LogP contribution in [0.1, 0.15) is 0 Å². The summed E-state index contributed by atoms with van der Waals surface area (Å²) in [5, 5.41) is 6.09. The lowest BCUT2D eigenvalue weighted by Crippen LogP contribution is -2.20. The molecule has 0 fully saturated rings. The minimum Gasteiger partial charge on any atom is -0.484 e. The second-order valence-corrected chi connectivity index (χ2v) is 6.51. The first-order valence-corrected chi connectivity index (χ1v) is 8.64. The number of anilines is 1. The van der Waals surface area contributed by atoms with Crippen LogP contribution in [0.4, 0.5) is 5.13 Å². The van der Waals surface area contributed by atoms with Crippen molar-refractivity contribution in [2.75, 3.05) is 11.9 Å².